The Morgan fingerprint density at radius 2 is 1.50 bits per heavy atom. The van der Waals surface area contributed by atoms with E-state index < -0.39 is 42.1 Å². The van der Waals surface area contributed by atoms with Gasteiger partial charge in [0, 0.05) is 12.3 Å². The van der Waals surface area contributed by atoms with Crippen molar-refractivity contribution in [2.45, 2.75) is 37.3 Å². The maximum absolute atomic E-state index is 13.6. The lowest BCUT2D eigenvalue weighted by Gasteiger charge is -2.53. The smallest absolute Gasteiger partial charge is 0.382 e. The first-order valence-corrected chi connectivity index (χ1v) is 10.1. The first kappa shape index (κ1) is 22.0. The van der Waals surface area contributed by atoms with Crippen LogP contribution in [0.25, 0.3) is 0 Å². The van der Waals surface area contributed by atoms with E-state index >= 15 is 0 Å². The van der Waals surface area contributed by atoms with Gasteiger partial charge in [0.05, 0.1) is 12.7 Å². The second kappa shape index (κ2) is 8.40. The first-order chi connectivity index (χ1) is 15.2. The van der Waals surface area contributed by atoms with Gasteiger partial charge in [0.15, 0.2) is 11.8 Å². The highest BCUT2D eigenvalue weighted by Gasteiger charge is 2.53. The number of fused-ring (bicyclic) bond motifs is 1. The number of ketones is 1. The van der Waals surface area contributed by atoms with Crippen molar-refractivity contribution in [3.63, 3.8) is 0 Å². The Balaban J connectivity index is 1.86. The van der Waals surface area contributed by atoms with Crippen LogP contribution < -0.4 is 0 Å². The zero-order valence-corrected chi connectivity index (χ0v) is 17.2. The minimum atomic E-state index is -4.67. The minimum absolute atomic E-state index is 0.379. The van der Waals surface area contributed by atoms with Crippen LogP contribution in [0.3, 0.4) is 0 Å². The third-order valence-electron chi connectivity index (χ3n) is 5.87. The number of benzene rings is 2. The van der Waals surface area contributed by atoms with Gasteiger partial charge < -0.3 is 10.0 Å². The van der Waals surface area contributed by atoms with Crippen molar-refractivity contribution < 1.29 is 27.9 Å². The summed E-state index contributed by atoms with van der Waals surface area (Å²) in [4.78, 5) is 25.8. The number of nitrogens with zero attached hydrogens (tertiary/aromatic N) is 3. The molecule has 2 aliphatic rings. The molecule has 1 N–H and O–H groups in total. The standard InChI is InChI=1S/C23H22F3N3O3/c1-15(23(24,25)26)27-14-29(28-13-12-18(30)21(31)20(28)22(27)32)19(16-8-4-2-5-9-16)17-10-6-3-7-11-17/h2-13,15,19-21,31H,14H2,1H3/t15-,20?,21?/m1/s1. The molecule has 2 heterocycles. The van der Waals surface area contributed by atoms with Gasteiger partial charge in [0.25, 0.3) is 5.91 Å². The monoisotopic (exact) mass is 445 g/mol. The molecule has 1 fully saturated rings. The van der Waals surface area contributed by atoms with E-state index in [1.54, 1.807) is 5.01 Å². The summed E-state index contributed by atoms with van der Waals surface area (Å²) in [5, 5.41) is 13.5. The molecule has 2 aliphatic heterocycles. The summed E-state index contributed by atoms with van der Waals surface area (Å²) in [6.07, 6.45) is -3.95. The Kier molecular flexibility index (Phi) is 5.79. The van der Waals surface area contributed by atoms with Crippen molar-refractivity contribution in [1.29, 1.82) is 0 Å². The van der Waals surface area contributed by atoms with Crippen LogP contribution in [0.5, 0.6) is 0 Å². The van der Waals surface area contributed by atoms with Crippen molar-refractivity contribution in [3.8, 4) is 0 Å². The highest BCUT2D eigenvalue weighted by molar-refractivity contribution is 6.00. The normalized spacial score (nSPS) is 22.9. The van der Waals surface area contributed by atoms with Crippen molar-refractivity contribution in [3.05, 3.63) is 84.1 Å². The van der Waals surface area contributed by atoms with Crippen LogP contribution in [-0.4, -0.2) is 62.7 Å². The summed E-state index contributed by atoms with van der Waals surface area (Å²) in [5.74, 6) is -1.67. The molecule has 0 aromatic heterocycles. The quantitative estimate of drug-likeness (QED) is 0.784. The maximum Gasteiger partial charge on any atom is 0.408 e. The van der Waals surface area contributed by atoms with Gasteiger partial charge in [0.1, 0.15) is 12.1 Å². The van der Waals surface area contributed by atoms with Gasteiger partial charge in [-0.2, -0.15) is 18.2 Å². The van der Waals surface area contributed by atoms with Crippen molar-refractivity contribution in [1.82, 2.24) is 14.9 Å². The molecule has 1 amide bonds. The van der Waals surface area contributed by atoms with E-state index in [2.05, 4.69) is 0 Å². The van der Waals surface area contributed by atoms with E-state index in [0.29, 0.717) is 4.90 Å². The van der Waals surface area contributed by atoms with E-state index in [1.165, 1.54) is 11.2 Å². The topological polar surface area (TPSA) is 64.1 Å². The molecule has 2 aromatic carbocycles. The predicted molar refractivity (Wildman–Crippen MR) is 110 cm³/mol. The van der Waals surface area contributed by atoms with Crippen LogP contribution in [0, 0.1) is 0 Å². The van der Waals surface area contributed by atoms with E-state index in [0.717, 1.165) is 24.1 Å². The van der Waals surface area contributed by atoms with Gasteiger partial charge in [-0.05, 0) is 18.1 Å². The summed E-state index contributed by atoms with van der Waals surface area (Å²) in [5.41, 5.74) is 1.57. The van der Waals surface area contributed by atoms with Crippen LogP contribution in [0.2, 0.25) is 0 Å². The Bertz CT molecular complexity index is 974. The van der Waals surface area contributed by atoms with Gasteiger partial charge in [-0.25, -0.2) is 0 Å². The zero-order chi connectivity index (χ0) is 23.0. The first-order valence-electron chi connectivity index (χ1n) is 10.1. The summed E-state index contributed by atoms with van der Waals surface area (Å²) in [6.45, 7) is 0.522. The van der Waals surface area contributed by atoms with E-state index in [1.807, 2.05) is 60.7 Å². The highest BCUT2D eigenvalue weighted by atomic mass is 19.4. The number of amides is 1. The van der Waals surface area contributed by atoms with Gasteiger partial charge in [0.2, 0.25) is 0 Å². The molecule has 2 aromatic rings. The Labute approximate surface area is 183 Å². The second-order valence-electron chi connectivity index (χ2n) is 7.82. The lowest BCUT2D eigenvalue weighted by molar-refractivity contribution is -0.222. The average Bonchev–Trinajstić information content (AvgIpc) is 2.78. The number of hydrazine groups is 1. The molecule has 0 bridgehead atoms. The van der Waals surface area contributed by atoms with Gasteiger partial charge in [-0.1, -0.05) is 60.7 Å². The van der Waals surface area contributed by atoms with Gasteiger partial charge >= 0.3 is 6.18 Å². The fourth-order valence-corrected chi connectivity index (χ4v) is 4.12. The zero-order valence-electron chi connectivity index (χ0n) is 17.2. The molecule has 168 valence electrons. The van der Waals surface area contributed by atoms with Crippen LogP contribution >= 0.6 is 0 Å². The molecule has 0 saturated carbocycles. The van der Waals surface area contributed by atoms with Crippen molar-refractivity contribution in [2.75, 3.05) is 6.67 Å². The van der Waals surface area contributed by atoms with Crippen molar-refractivity contribution >= 4 is 11.7 Å². The molecular weight excluding hydrogens is 423 g/mol. The molecule has 3 atom stereocenters. The molecule has 9 heteroatoms. The van der Waals surface area contributed by atoms with Crippen molar-refractivity contribution in [2.24, 2.45) is 0 Å². The van der Waals surface area contributed by atoms with Crippen LogP contribution in [0.4, 0.5) is 13.2 Å². The number of aliphatic hydroxyl groups excluding tert-OH is 1. The second-order valence-corrected chi connectivity index (χ2v) is 7.82. The van der Waals surface area contributed by atoms with Crippen LogP contribution in [0.1, 0.15) is 24.1 Å². The molecule has 0 spiro atoms. The fraction of sp³-hybridized carbons (Fsp3) is 0.304. The highest BCUT2D eigenvalue weighted by Crippen LogP contribution is 2.37. The SMILES string of the molecule is C[C@@H](N1CN(C(c2ccccc2)c2ccccc2)N2C=CC(=O)C(O)C2C1=O)C(F)(F)F. The number of halogens is 3. The Morgan fingerprint density at radius 3 is 2.00 bits per heavy atom. The summed E-state index contributed by atoms with van der Waals surface area (Å²) in [7, 11) is 0. The molecule has 4 rings (SSSR count). The number of aliphatic hydroxyl groups is 1. The molecule has 1 saturated heterocycles. The number of alkyl halides is 3. The molecule has 32 heavy (non-hydrogen) atoms. The minimum Gasteiger partial charge on any atom is -0.382 e. The fourth-order valence-electron chi connectivity index (χ4n) is 4.12. The Hall–Kier alpha value is -3.17. The van der Waals surface area contributed by atoms with E-state index in [-0.39, 0.29) is 6.67 Å². The van der Waals surface area contributed by atoms with Crippen LogP contribution in [-0.2, 0) is 9.59 Å². The third kappa shape index (κ3) is 3.89. The molecule has 2 unspecified atom stereocenters. The number of carbonyl (C=O) groups is 2. The number of hydrogen-bond donors (Lipinski definition) is 1. The lowest BCUT2D eigenvalue weighted by Crippen LogP contribution is -2.70. The third-order valence-corrected chi connectivity index (χ3v) is 5.87. The summed E-state index contributed by atoms with van der Waals surface area (Å²) < 4.78 is 40.8. The number of rotatable bonds is 4. The average molecular weight is 445 g/mol. The molecular formula is C23H22F3N3O3. The largest absolute Gasteiger partial charge is 0.408 e. The van der Waals surface area contributed by atoms with Crippen LogP contribution in [0.15, 0.2) is 72.9 Å². The van der Waals surface area contributed by atoms with Gasteiger partial charge in [-0.15, -0.1) is 0 Å². The van der Waals surface area contributed by atoms with E-state index in [9.17, 15) is 27.9 Å². The maximum atomic E-state index is 13.6. The number of hydrogen-bond acceptors (Lipinski definition) is 5. The number of carbonyl (C=O) groups excluding carboxylic acids is 2. The molecule has 0 aliphatic carbocycles. The summed E-state index contributed by atoms with van der Waals surface area (Å²) >= 11 is 0. The predicted octanol–water partition coefficient (Wildman–Crippen LogP) is 2.87. The van der Waals surface area contributed by atoms with Gasteiger partial charge in [-0.3, -0.25) is 14.6 Å². The summed E-state index contributed by atoms with van der Waals surface area (Å²) in [6, 6.07) is 14.2. The molecule has 6 nitrogen and oxygen atoms in total. The lowest BCUT2D eigenvalue weighted by atomic mass is 9.95. The van der Waals surface area contributed by atoms with E-state index in [4.69, 9.17) is 0 Å². The molecule has 0 radical (unpaired) electrons. The Morgan fingerprint density at radius 1 is 0.969 bits per heavy atom.